The number of aliphatic hydroxyl groups is 1. The van der Waals surface area contributed by atoms with E-state index in [-0.39, 0.29) is 24.0 Å². The highest BCUT2D eigenvalue weighted by molar-refractivity contribution is 5.87. The summed E-state index contributed by atoms with van der Waals surface area (Å²) in [5.74, 6) is 1.75. The number of amides is 1. The molecule has 5 N–H and O–H groups in total. The summed E-state index contributed by atoms with van der Waals surface area (Å²) in [6.45, 7) is 4.37. The van der Waals surface area contributed by atoms with Gasteiger partial charge in [-0.15, -0.1) is 0 Å². The van der Waals surface area contributed by atoms with Gasteiger partial charge in [-0.05, 0) is 71.6 Å². The SMILES string of the molecule is O=C(NC(c1ccccc1)c1cccc(OCCOc2ccc(CNC[C@H](O)c3ccc(O)c4[nH]c(=O)ccc34)cc2)c1)O[C@H]1CN2CCC1C2. The van der Waals surface area contributed by atoms with E-state index >= 15 is 0 Å². The van der Waals surface area contributed by atoms with Crippen molar-refractivity contribution in [2.75, 3.05) is 39.4 Å². The summed E-state index contributed by atoms with van der Waals surface area (Å²) >= 11 is 0. The molecule has 3 unspecified atom stereocenters. The molecule has 5 atom stereocenters. The van der Waals surface area contributed by atoms with Crippen molar-refractivity contribution in [3.05, 3.63) is 136 Å². The van der Waals surface area contributed by atoms with Crippen LogP contribution in [-0.4, -0.2) is 71.7 Å². The number of fused-ring (bicyclic) bond motifs is 3. The van der Waals surface area contributed by atoms with Crippen molar-refractivity contribution in [2.45, 2.75) is 31.2 Å². The highest BCUT2D eigenvalue weighted by Crippen LogP contribution is 2.31. The van der Waals surface area contributed by atoms with E-state index in [2.05, 4.69) is 20.5 Å². The number of piperidine rings is 1. The van der Waals surface area contributed by atoms with E-state index in [4.69, 9.17) is 14.2 Å². The first-order valence-corrected chi connectivity index (χ1v) is 17.3. The number of hydrogen-bond acceptors (Lipinski definition) is 9. The van der Waals surface area contributed by atoms with E-state index in [1.54, 1.807) is 12.1 Å². The molecule has 2 saturated heterocycles. The molecule has 51 heavy (non-hydrogen) atoms. The van der Waals surface area contributed by atoms with Gasteiger partial charge in [0, 0.05) is 43.5 Å². The average Bonchev–Trinajstić information content (AvgIpc) is 3.78. The van der Waals surface area contributed by atoms with Crippen LogP contribution in [0, 0.1) is 5.92 Å². The molecule has 4 aromatic carbocycles. The molecule has 0 radical (unpaired) electrons. The third-order valence-corrected chi connectivity index (χ3v) is 9.59. The molecule has 0 spiro atoms. The Balaban J connectivity index is 0.879. The van der Waals surface area contributed by atoms with Gasteiger partial charge in [-0.3, -0.25) is 9.69 Å². The molecule has 0 aliphatic carbocycles. The number of alkyl carbamates (subject to hydrolysis) is 1. The number of nitrogens with one attached hydrogen (secondary N) is 3. The van der Waals surface area contributed by atoms with Gasteiger partial charge in [-0.25, -0.2) is 4.79 Å². The first kappa shape index (κ1) is 34.1. The number of aliphatic hydroxyl groups excluding tert-OH is 1. The Hall–Kier alpha value is -5.36. The monoisotopic (exact) mass is 690 g/mol. The largest absolute Gasteiger partial charge is 0.506 e. The Morgan fingerprint density at radius 3 is 2.43 bits per heavy atom. The maximum atomic E-state index is 13.0. The Morgan fingerprint density at radius 2 is 1.67 bits per heavy atom. The number of nitrogens with zero attached hydrogens (tertiary/aromatic N) is 1. The average molecular weight is 691 g/mol. The molecule has 264 valence electrons. The molecule has 2 fully saturated rings. The van der Waals surface area contributed by atoms with Crippen molar-refractivity contribution in [1.29, 1.82) is 0 Å². The van der Waals surface area contributed by atoms with Gasteiger partial charge in [0.15, 0.2) is 0 Å². The topological polar surface area (TPSA) is 145 Å². The zero-order valence-electron chi connectivity index (χ0n) is 28.2. The second-order valence-electron chi connectivity index (χ2n) is 13.1. The third-order valence-electron chi connectivity index (χ3n) is 9.59. The molecule has 1 aromatic heterocycles. The van der Waals surface area contributed by atoms with Gasteiger partial charge in [0.1, 0.15) is 36.6 Å². The van der Waals surface area contributed by atoms with Crippen LogP contribution in [0.3, 0.4) is 0 Å². The number of rotatable bonds is 14. The van der Waals surface area contributed by atoms with E-state index in [0.29, 0.717) is 53.6 Å². The molecule has 5 aromatic rings. The second-order valence-corrected chi connectivity index (χ2v) is 13.1. The number of carbonyl (C=O) groups is 1. The van der Waals surface area contributed by atoms with E-state index < -0.39 is 18.2 Å². The van der Waals surface area contributed by atoms with Crippen molar-refractivity contribution in [2.24, 2.45) is 5.92 Å². The summed E-state index contributed by atoms with van der Waals surface area (Å²) in [4.78, 5) is 29.7. The zero-order chi connectivity index (χ0) is 35.2. The summed E-state index contributed by atoms with van der Waals surface area (Å²) in [6, 6.07) is 30.9. The summed E-state index contributed by atoms with van der Waals surface area (Å²) in [6.07, 6.45) is -0.239. The number of aromatic hydroxyl groups is 1. The minimum absolute atomic E-state index is 0.0426. The molecule has 1 amide bonds. The number of carbonyl (C=O) groups excluding carboxylic acids is 1. The lowest BCUT2D eigenvalue weighted by Gasteiger charge is -2.25. The lowest BCUT2D eigenvalue weighted by atomic mass is 9.98. The fraction of sp³-hybridized carbons (Fsp3) is 0.300. The van der Waals surface area contributed by atoms with Gasteiger partial charge in [0.2, 0.25) is 5.56 Å². The predicted molar refractivity (Wildman–Crippen MR) is 193 cm³/mol. The number of pyridine rings is 1. The number of ether oxygens (including phenoxy) is 3. The molecule has 2 bridgehead atoms. The Labute approximate surface area is 295 Å². The Morgan fingerprint density at radius 1 is 0.882 bits per heavy atom. The predicted octanol–water partition coefficient (Wildman–Crippen LogP) is 5.03. The van der Waals surface area contributed by atoms with Gasteiger partial charge in [-0.1, -0.05) is 60.7 Å². The smallest absolute Gasteiger partial charge is 0.408 e. The number of hydrogen-bond donors (Lipinski definition) is 5. The minimum atomic E-state index is -0.838. The number of H-pyrrole nitrogens is 1. The van der Waals surface area contributed by atoms with E-state index in [1.807, 2.05) is 78.9 Å². The molecular formula is C40H42N4O7. The number of aromatic nitrogens is 1. The highest BCUT2D eigenvalue weighted by Gasteiger charge is 2.40. The van der Waals surface area contributed by atoms with Gasteiger partial charge >= 0.3 is 6.09 Å². The first-order chi connectivity index (χ1) is 24.9. The van der Waals surface area contributed by atoms with Crippen molar-refractivity contribution in [1.82, 2.24) is 20.5 Å². The van der Waals surface area contributed by atoms with Crippen LogP contribution in [-0.2, 0) is 11.3 Å². The number of phenols is 1. The summed E-state index contributed by atoms with van der Waals surface area (Å²) in [5.41, 5.74) is 3.45. The van der Waals surface area contributed by atoms with E-state index in [0.717, 1.165) is 42.7 Å². The van der Waals surface area contributed by atoms with Crippen LogP contribution >= 0.6 is 0 Å². The quantitative estimate of drug-likeness (QED) is 0.101. The van der Waals surface area contributed by atoms with Crippen LogP contribution in [0.25, 0.3) is 10.9 Å². The maximum Gasteiger partial charge on any atom is 0.408 e. The number of aromatic amines is 1. The summed E-state index contributed by atoms with van der Waals surface area (Å²) in [5, 5.41) is 27.9. The lowest BCUT2D eigenvalue weighted by Crippen LogP contribution is -2.37. The van der Waals surface area contributed by atoms with Crippen molar-refractivity contribution >= 4 is 17.0 Å². The first-order valence-electron chi connectivity index (χ1n) is 17.3. The number of phenolic OH excluding ortho intramolecular Hbond substituents is 1. The molecule has 3 heterocycles. The molecule has 7 rings (SSSR count). The van der Waals surface area contributed by atoms with Crippen LogP contribution in [0.2, 0.25) is 0 Å². The van der Waals surface area contributed by atoms with Crippen molar-refractivity contribution in [3.63, 3.8) is 0 Å². The Bertz CT molecular complexity index is 2000. The van der Waals surface area contributed by atoms with Crippen LogP contribution in [0.1, 0.15) is 40.8 Å². The zero-order valence-corrected chi connectivity index (χ0v) is 28.2. The molecule has 0 saturated carbocycles. The van der Waals surface area contributed by atoms with Gasteiger partial charge in [-0.2, -0.15) is 0 Å². The molecule has 11 nitrogen and oxygen atoms in total. The van der Waals surface area contributed by atoms with Crippen LogP contribution in [0.15, 0.2) is 108 Å². The van der Waals surface area contributed by atoms with Crippen LogP contribution in [0.5, 0.6) is 17.2 Å². The second kappa shape index (κ2) is 15.7. The summed E-state index contributed by atoms with van der Waals surface area (Å²) < 4.78 is 17.8. The van der Waals surface area contributed by atoms with Crippen LogP contribution < -0.4 is 25.7 Å². The van der Waals surface area contributed by atoms with Gasteiger partial charge in [0.25, 0.3) is 0 Å². The van der Waals surface area contributed by atoms with Crippen LogP contribution in [0.4, 0.5) is 4.79 Å². The highest BCUT2D eigenvalue weighted by atomic mass is 16.6. The van der Waals surface area contributed by atoms with E-state index in [9.17, 15) is 19.8 Å². The number of benzene rings is 4. The van der Waals surface area contributed by atoms with Crippen molar-refractivity contribution < 1.29 is 29.2 Å². The van der Waals surface area contributed by atoms with Crippen molar-refractivity contribution in [3.8, 4) is 17.2 Å². The third kappa shape index (κ3) is 8.34. The fourth-order valence-electron chi connectivity index (χ4n) is 6.98. The maximum absolute atomic E-state index is 13.0. The molecule has 2 aliphatic heterocycles. The minimum Gasteiger partial charge on any atom is -0.506 e. The van der Waals surface area contributed by atoms with E-state index in [1.165, 1.54) is 12.1 Å². The molecule has 11 heteroatoms. The molecule has 2 aliphatic rings. The normalized spacial score (nSPS) is 19.0. The Kier molecular flexibility index (Phi) is 10.5. The lowest BCUT2D eigenvalue weighted by molar-refractivity contribution is 0.0673. The summed E-state index contributed by atoms with van der Waals surface area (Å²) in [7, 11) is 0. The fourth-order valence-corrected chi connectivity index (χ4v) is 6.98. The van der Waals surface area contributed by atoms with Gasteiger partial charge < -0.3 is 40.0 Å². The van der Waals surface area contributed by atoms with Gasteiger partial charge in [0.05, 0.1) is 17.7 Å². The standard InChI is InChI=1S/C40H42N4O7/c45-34-15-13-32(33-14-16-37(47)42-39(33)34)35(46)23-41-22-26-9-11-30(12-10-26)49-19-20-50-31-8-4-7-28(21-31)38(27-5-2-1-3-6-27)43-40(48)51-36-25-44-18-17-29(36)24-44/h1-16,21,29,35-36,38,41,45-46H,17-20,22-25H2,(H,42,47)(H,43,48)/t29?,35-,36-,38?/m0/s1. The molecular weight excluding hydrogens is 648 g/mol.